The van der Waals surface area contributed by atoms with Crippen molar-refractivity contribution < 1.29 is 4.74 Å². The zero-order valence-electron chi connectivity index (χ0n) is 10.7. The SMILES string of the molecule is COCC(C)N(C)c1ccc(CCN)cc1Br. The van der Waals surface area contributed by atoms with E-state index in [9.17, 15) is 0 Å². The quantitative estimate of drug-likeness (QED) is 0.877. The molecule has 1 aromatic rings. The molecule has 1 unspecified atom stereocenters. The van der Waals surface area contributed by atoms with E-state index in [1.54, 1.807) is 7.11 Å². The smallest absolute Gasteiger partial charge is 0.0663 e. The van der Waals surface area contributed by atoms with E-state index in [-0.39, 0.29) is 0 Å². The van der Waals surface area contributed by atoms with Crippen molar-refractivity contribution in [3.05, 3.63) is 28.2 Å². The summed E-state index contributed by atoms with van der Waals surface area (Å²) in [7, 11) is 3.80. The maximum absolute atomic E-state index is 5.55. The van der Waals surface area contributed by atoms with Crippen molar-refractivity contribution in [3.63, 3.8) is 0 Å². The molecule has 2 N–H and O–H groups in total. The van der Waals surface area contributed by atoms with Gasteiger partial charge in [0.1, 0.15) is 0 Å². The van der Waals surface area contributed by atoms with Gasteiger partial charge in [0.2, 0.25) is 0 Å². The normalized spacial score (nSPS) is 12.5. The summed E-state index contributed by atoms with van der Waals surface area (Å²) >= 11 is 3.61. The van der Waals surface area contributed by atoms with Crippen LogP contribution in [0.3, 0.4) is 0 Å². The number of nitrogens with zero attached hydrogens (tertiary/aromatic N) is 1. The van der Waals surface area contributed by atoms with Crippen LogP contribution in [0.4, 0.5) is 5.69 Å². The first-order chi connectivity index (χ1) is 8.10. The van der Waals surface area contributed by atoms with Gasteiger partial charge in [-0.1, -0.05) is 6.07 Å². The molecule has 0 aromatic heterocycles. The van der Waals surface area contributed by atoms with Crippen LogP contribution in [0.5, 0.6) is 0 Å². The average Bonchev–Trinajstić information content (AvgIpc) is 2.29. The van der Waals surface area contributed by atoms with E-state index in [1.165, 1.54) is 11.3 Å². The van der Waals surface area contributed by atoms with E-state index in [0.29, 0.717) is 19.2 Å². The molecular formula is C13H21BrN2O. The van der Waals surface area contributed by atoms with Crippen LogP contribution in [0.15, 0.2) is 22.7 Å². The van der Waals surface area contributed by atoms with E-state index in [1.807, 2.05) is 0 Å². The molecule has 0 aliphatic carbocycles. The third-order valence-corrected chi connectivity index (χ3v) is 3.53. The van der Waals surface area contributed by atoms with Gasteiger partial charge in [0.15, 0.2) is 0 Å². The summed E-state index contributed by atoms with van der Waals surface area (Å²) < 4.78 is 6.28. The number of hydrogen-bond acceptors (Lipinski definition) is 3. The monoisotopic (exact) mass is 300 g/mol. The minimum atomic E-state index is 0.344. The zero-order chi connectivity index (χ0) is 12.8. The first kappa shape index (κ1) is 14.5. The number of nitrogens with two attached hydrogens (primary N) is 1. The Kier molecular flexibility index (Phi) is 5.95. The van der Waals surface area contributed by atoms with Crippen LogP contribution < -0.4 is 10.6 Å². The van der Waals surface area contributed by atoms with Crippen molar-refractivity contribution in [3.8, 4) is 0 Å². The van der Waals surface area contributed by atoms with Gasteiger partial charge < -0.3 is 15.4 Å². The maximum Gasteiger partial charge on any atom is 0.0663 e. The molecule has 17 heavy (non-hydrogen) atoms. The van der Waals surface area contributed by atoms with E-state index >= 15 is 0 Å². The molecule has 1 aromatic carbocycles. The Morgan fingerprint density at radius 1 is 1.47 bits per heavy atom. The molecule has 0 bridgehead atoms. The molecule has 1 rings (SSSR count). The van der Waals surface area contributed by atoms with Crippen LogP contribution in [0.2, 0.25) is 0 Å². The molecule has 0 radical (unpaired) electrons. The fraction of sp³-hybridized carbons (Fsp3) is 0.538. The second-order valence-corrected chi connectivity index (χ2v) is 5.09. The predicted octanol–water partition coefficient (Wildman–Crippen LogP) is 2.42. The molecule has 3 nitrogen and oxygen atoms in total. The molecule has 0 saturated heterocycles. The number of hydrogen-bond donors (Lipinski definition) is 1. The second-order valence-electron chi connectivity index (χ2n) is 4.24. The van der Waals surface area contributed by atoms with Gasteiger partial charge in [0.25, 0.3) is 0 Å². The molecular weight excluding hydrogens is 280 g/mol. The molecule has 0 saturated carbocycles. The van der Waals surface area contributed by atoms with Gasteiger partial charge in [0.05, 0.1) is 12.3 Å². The van der Waals surface area contributed by atoms with E-state index in [2.05, 4.69) is 53.0 Å². The lowest BCUT2D eigenvalue weighted by molar-refractivity contribution is 0.183. The number of rotatable bonds is 6. The first-order valence-corrected chi connectivity index (χ1v) is 6.59. The Morgan fingerprint density at radius 2 is 2.18 bits per heavy atom. The van der Waals surface area contributed by atoms with Crippen LogP contribution in [-0.4, -0.2) is 33.4 Å². The average molecular weight is 301 g/mol. The molecule has 0 heterocycles. The van der Waals surface area contributed by atoms with E-state index in [0.717, 1.165) is 10.9 Å². The lowest BCUT2D eigenvalue weighted by Crippen LogP contribution is -2.32. The van der Waals surface area contributed by atoms with Crippen molar-refractivity contribution in [1.29, 1.82) is 0 Å². The zero-order valence-corrected chi connectivity index (χ0v) is 12.3. The topological polar surface area (TPSA) is 38.5 Å². The third kappa shape index (κ3) is 3.98. The highest BCUT2D eigenvalue weighted by atomic mass is 79.9. The summed E-state index contributed by atoms with van der Waals surface area (Å²) in [4.78, 5) is 2.21. The highest BCUT2D eigenvalue weighted by Gasteiger charge is 2.12. The van der Waals surface area contributed by atoms with E-state index < -0.39 is 0 Å². The van der Waals surface area contributed by atoms with Gasteiger partial charge in [0, 0.05) is 24.7 Å². The molecule has 0 aliphatic rings. The van der Waals surface area contributed by atoms with Crippen LogP contribution in [0, 0.1) is 0 Å². The lowest BCUT2D eigenvalue weighted by Gasteiger charge is -2.27. The number of benzene rings is 1. The van der Waals surface area contributed by atoms with Crippen molar-refractivity contribution in [1.82, 2.24) is 0 Å². The summed E-state index contributed by atoms with van der Waals surface area (Å²) in [6, 6.07) is 6.74. The van der Waals surface area contributed by atoms with Gasteiger partial charge in [-0.25, -0.2) is 0 Å². The molecule has 0 fully saturated rings. The Bertz CT molecular complexity index is 357. The fourth-order valence-corrected chi connectivity index (χ4v) is 2.45. The van der Waals surface area contributed by atoms with Crippen LogP contribution in [0.1, 0.15) is 12.5 Å². The minimum absolute atomic E-state index is 0.344. The highest BCUT2D eigenvalue weighted by molar-refractivity contribution is 9.10. The standard InChI is InChI=1S/C13H21BrN2O/c1-10(9-17-3)16(2)13-5-4-11(6-7-15)8-12(13)14/h4-5,8,10H,6-7,9,15H2,1-3H3. The van der Waals surface area contributed by atoms with Gasteiger partial charge in [-0.15, -0.1) is 0 Å². The van der Waals surface area contributed by atoms with Crippen molar-refractivity contribution >= 4 is 21.6 Å². The van der Waals surface area contributed by atoms with Gasteiger partial charge >= 0.3 is 0 Å². The molecule has 1 atom stereocenters. The summed E-state index contributed by atoms with van der Waals surface area (Å²) in [5.41, 5.74) is 7.99. The van der Waals surface area contributed by atoms with Crippen molar-refractivity contribution in [2.24, 2.45) is 5.73 Å². The number of anilines is 1. The highest BCUT2D eigenvalue weighted by Crippen LogP contribution is 2.28. The van der Waals surface area contributed by atoms with Crippen molar-refractivity contribution in [2.75, 3.05) is 32.2 Å². The Morgan fingerprint density at radius 3 is 2.71 bits per heavy atom. The third-order valence-electron chi connectivity index (χ3n) is 2.89. The van der Waals surface area contributed by atoms with Gasteiger partial charge in [-0.2, -0.15) is 0 Å². The molecule has 0 aliphatic heterocycles. The van der Waals surface area contributed by atoms with Crippen LogP contribution in [-0.2, 0) is 11.2 Å². The van der Waals surface area contributed by atoms with Gasteiger partial charge in [-0.05, 0) is 53.5 Å². The number of methoxy groups -OCH3 is 1. The summed E-state index contributed by atoms with van der Waals surface area (Å²) in [5.74, 6) is 0. The molecule has 96 valence electrons. The lowest BCUT2D eigenvalue weighted by atomic mass is 10.1. The number of halogens is 1. The van der Waals surface area contributed by atoms with Gasteiger partial charge in [-0.3, -0.25) is 0 Å². The first-order valence-electron chi connectivity index (χ1n) is 5.80. The number of ether oxygens (including phenoxy) is 1. The Balaban J connectivity index is 2.83. The second kappa shape index (κ2) is 6.99. The number of likely N-dealkylation sites (N-methyl/N-ethyl adjacent to an activating group) is 1. The molecule has 0 amide bonds. The van der Waals surface area contributed by atoms with Crippen molar-refractivity contribution in [2.45, 2.75) is 19.4 Å². The molecule has 4 heteroatoms. The molecule has 0 spiro atoms. The van der Waals surface area contributed by atoms with Crippen LogP contribution >= 0.6 is 15.9 Å². The summed E-state index contributed by atoms with van der Waals surface area (Å²) in [5, 5.41) is 0. The fourth-order valence-electron chi connectivity index (χ4n) is 1.75. The largest absolute Gasteiger partial charge is 0.383 e. The summed E-state index contributed by atoms with van der Waals surface area (Å²) in [6.45, 7) is 3.54. The summed E-state index contributed by atoms with van der Waals surface area (Å²) in [6.07, 6.45) is 0.913. The predicted molar refractivity (Wildman–Crippen MR) is 76.6 cm³/mol. The van der Waals surface area contributed by atoms with E-state index in [4.69, 9.17) is 10.5 Å². The Labute approximate surface area is 112 Å². The maximum atomic E-state index is 5.55. The Hall–Kier alpha value is -0.580. The van der Waals surface area contributed by atoms with Crippen LogP contribution in [0.25, 0.3) is 0 Å². The minimum Gasteiger partial charge on any atom is -0.383 e.